The number of ether oxygens (including phenoxy) is 1. The third-order valence-electron chi connectivity index (χ3n) is 4.60. The summed E-state index contributed by atoms with van der Waals surface area (Å²) in [5, 5.41) is 25.6. The Kier molecular flexibility index (Phi) is 9.40. The number of carboxylic acids is 2. The number of nitro groups is 1. The summed E-state index contributed by atoms with van der Waals surface area (Å²) in [6.07, 6.45) is 0. The predicted octanol–water partition coefficient (Wildman–Crippen LogP) is 1.95. The van der Waals surface area contributed by atoms with Crippen molar-refractivity contribution in [2.45, 2.75) is 6.54 Å². The molecule has 0 atom stereocenters. The Labute approximate surface area is 179 Å². The molecule has 10 heteroatoms. The number of nitrogens with zero attached hydrogens (tertiary/aromatic N) is 3. The number of rotatable bonds is 7. The molecule has 0 aliphatic carbocycles. The van der Waals surface area contributed by atoms with Gasteiger partial charge >= 0.3 is 11.9 Å². The Hall–Kier alpha value is -3.50. The molecule has 1 fully saturated rings. The van der Waals surface area contributed by atoms with Crippen molar-refractivity contribution in [3.63, 3.8) is 0 Å². The normalized spacial score (nSPS) is 14.2. The molecular formula is C21H25N3O7. The lowest BCUT2D eigenvalue weighted by atomic mass is 10.2. The van der Waals surface area contributed by atoms with Crippen LogP contribution >= 0.6 is 0 Å². The predicted molar refractivity (Wildman–Crippen MR) is 112 cm³/mol. The maximum Gasteiger partial charge on any atom is 0.414 e. The van der Waals surface area contributed by atoms with E-state index in [4.69, 9.17) is 24.5 Å². The summed E-state index contributed by atoms with van der Waals surface area (Å²) in [6, 6.07) is 16.9. The molecule has 1 aliphatic rings. The number of benzene rings is 2. The molecule has 1 aliphatic heterocycles. The zero-order chi connectivity index (χ0) is 22.6. The van der Waals surface area contributed by atoms with Crippen LogP contribution in [0.4, 0.5) is 5.69 Å². The second-order valence-corrected chi connectivity index (χ2v) is 6.82. The fraction of sp³-hybridized carbons (Fsp3) is 0.333. The molecule has 0 bridgehead atoms. The van der Waals surface area contributed by atoms with Crippen LogP contribution in [0, 0.1) is 10.1 Å². The number of carboxylic acid groups (broad SMARTS) is 2. The average Bonchev–Trinajstić information content (AvgIpc) is 2.76. The molecular weight excluding hydrogens is 406 g/mol. The summed E-state index contributed by atoms with van der Waals surface area (Å²) in [4.78, 5) is 33.4. The third-order valence-corrected chi connectivity index (χ3v) is 4.60. The fourth-order valence-electron chi connectivity index (χ4n) is 2.99. The van der Waals surface area contributed by atoms with Crippen molar-refractivity contribution in [1.82, 2.24) is 9.80 Å². The van der Waals surface area contributed by atoms with Crippen LogP contribution in [-0.4, -0.2) is 76.2 Å². The van der Waals surface area contributed by atoms with Gasteiger partial charge in [-0.15, -0.1) is 0 Å². The highest BCUT2D eigenvalue weighted by atomic mass is 16.6. The lowest BCUT2D eigenvalue weighted by molar-refractivity contribution is -0.384. The van der Waals surface area contributed by atoms with Crippen molar-refractivity contribution in [3.05, 3.63) is 70.3 Å². The summed E-state index contributed by atoms with van der Waals surface area (Å²) >= 11 is 0. The van der Waals surface area contributed by atoms with E-state index in [0.717, 1.165) is 39.3 Å². The van der Waals surface area contributed by atoms with Crippen LogP contribution in [0.3, 0.4) is 0 Å². The first-order chi connectivity index (χ1) is 14.8. The highest BCUT2D eigenvalue weighted by molar-refractivity contribution is 6.27. The molecule has 31 heavy (non-hydrogen) atoms. The number of piperazine rings is 1. The van der Waals surface area contributed by atoms with Crippen molar-refractivity contribution < 1.29 is 29.5 Å². The molecule has 2 N–H and O–H groups in total. The maximum absolute atomic E-state index is 10.8. The molecule has 3 rings (SSSR count). The van der Waals surface area contributed by atoms with E-state index in [0.29, 0.717) is 12.4 Å². The topological polar surface area (TPSA) is 133 Å². The number of aliphatic carboxylic acids is 2. The monoisotopic (exact) mass is 431 g/mol. The Morgan fingerprint density at radius 1 is 0.935 bits per heavy atom. The minimum absolute atomic E-state index is 0.0621. The number of hydrogen-bond donors (Lipinski definition) is 2. The van der Waals surface area contributed by atoms with Crippen molar-refractivity contribution in [3.8, 4) is 5.75 Å². The summed E-state index contributed by atoms with van der Waals surface area (Å²) in [7, 11) is 0. The van der Waals surface area contributed by atoms with Crippen LogP contribution in [-0.2, 0) is 16.1 Å². The molecule has 10 nitrogen and oxygen atoms in total. The van der Waals surface area contributed by atoms with E-state index >= 15 is 0 Å². The SMILES string of the molecule is O=C(O)C(=O)O.O=[N+]([O-])c1cccc(OCCN2CCN(Cc3ccccc3)CC2)c1. The van der Waals surface area contributed by atoms with Crippen molar-refractivity contribution >= 4 is 17.6 Å². The van der Waals surface area contributed by atoms with Crippen LogP contribution in [0.1, 0.15) is 5.56 Å². The van der Waals surface area contributed by atoms with Gasteiger partial charge < -0.3 is 14.9 Å². The highest BCUT2D eigenvalue weighted by Gasteiger charge is 2.16. The Morgan fingerprint density at radius 3 is 2.13 bits per heavy atom. The average molecular weight is 431 g/mol. The van der Waals surface area contributed by atoms with Gasteiger partial charge in [0.2, 0.25) is 0 Å². The Balaban J connectivity index is 0.000000501. The van der Waals surface area contributed by atoms with Gasteiger partial charge in [0.15, 0.2) is 0 Å². The van der Waals surface area contributed by atoms with E-state index in [-0.39, 0.29) is 5.69 Å². The first-order valence-corrected chi connectivity index (χ1v) is 9.67. The van der Waals surface area contributed by atoms with Crippen LogP contribution in [0.5, 0.6) is 5.75 Å². The summed E-state index contributed by atoms with van der Waals surface area (Å²) in [5.74, 6) is -3.10. The van der Waals surface area contributed by atoms with Crippen molar-refractivity contribution in [1.29, 1.82) is 0 Å². The number of hydrogen-bond acceptors (Lipinski definition) is 7. The van der Waals surface area contributed by atoms with Crippen LogP contribution in [0.25, 0.3) is 0 Å². The van der Waals surface area contributed by atoms with E-state index in [1.165, 1.54) is 17.7 Å². The van der Waals surface area contributed by atoms with E-state index in [2.05, 4.69) is 34.1 Å². The van der Waals surface area contributed by atoms with Gasteiger partial charge in [-0.2, -0.15) is 0 Å². The molecule has 0 saturated carbocycles. The zero-order valence-corrected chi connectivity index (χ0v) is 16.9. The second kappa shape index (κ2) is 12.3. The van der Waals surface area contributed by atoms with Crippen LogP contribution in [0.2, 0.25) is 0 Å². The van der Waals surface area contributed by atoms with Crippen LogP contribution < -0.4 is 4.74 Å². The van der Waals surface area contributed by atoms with E-state index in [1.54, 1.807) is 12.1 Å². The van der Waals surface area contributed by atoms with Crippen LogP contribution in [0.15, 0.2) is 54.6 Å². The molecule has 0 spiro atoms. The molecule has 2 aromatic rings. The van der Waals surface area contributed by atoms with Gasteiger partial charge in [0.05, 0.1) is 11.0 Å². The molecule has 0 amide bonds. The molecule has 1 heterocycles. The summed E-state index contributed by atoms with van der Waals surface area (Å²) in [6.45, 7) is 6.51. The summed E-state index contributed by atoms with van der Waals surface area (Å²) < 4.78 is 5.66. The largest absolute Gasteiger partial charge is 0.492 e. The van der Waals surface area contributed by atoms with Gasteiger partial charge in [0, 0.05) is 45.3 Å². The fourth-order valence-corrected chi connectivity index (χ4v) is 2.99. The minimum Gasteiger partial charge on any atom is -0.492 e. The molecule has 166 valence electrons. The summed E-state index contributed by atoms with van der Waals surface area (Å²) in [5.41, 5.74) is 1.41. The lowest BCUT2D eigenvalue weighted by Gasteiger charge is -2.34. The van der Waals surface area contributed by atoms with Crippen molar-refractivity contribution in [2.75, 3.05) is 39.3 Å². The lowest BCUT2D eigenvalue weighted by Crippen LogP contribution is -2.47. The Morgan fingerprint density at radius 2 is 1.55 bits per heavy atom. The zero-order valence-electron chi connectivity index (χ0n) is 16.9. The molecule has 0 unspecified atom stereocenters. The molecule has 0 aromatic heterocycles. The van der Waals surface area contributed by atoms with E-state index in [1.807, 2.05) is 6.07 Å². The molecule has 2 aromatic carbocycles. The number of carbonyl (C=O) groups is 2. The standard InChI is InChI=1S/C19H23N3O3.C2H2O4/c23-22(24)18-7-4-8-19(15-18)25-14-13-20-9-11-21(12-10-20)16-17-5-2-1-3-6-17;3-1(4)2(5)6/h1-8,15H,9-14,16H2;(H,3,4)(H,5,6). The van der Waals surface area contributed by atoms with Gasteiger partial charge in [-0.25, -0.2) is 9.59 Å². The van der Waals surface area contributed by atoms with Gasteiger partial charge in [-0.3, -0.25) is 19.9 Å². The number of nitro benzene ring substituents is 1. The van der Waals surface area contributed by atoms with Crippen molar-refractivity contribution in [2.24, 2.45) is 0 Å². The van der Waals surface area contributed by atoms with Gasteiger partial charge in [0.1, 0.15) is 12.4 Å². The van der Waals surface area contributed by atoms with E-state index in [9.17, 15) is 10.1 Å². The Bertz CT molecular complexity index is 856. The highest BCUT2D eigenvalue weighted by Crippen LogP contribution is 2.19. The van der Waals surface area contributed by atoms with E-state index < -0.39 is 16.9 Å². The van der Waals surface area contributed by atoms with Gasteiger partial charge in [-0.05, 0) is 11.6 Å². The first kappa shape index (κ1) is 23.8. The first-order valence-electron chi connectivity index (χ1n) is 9.67. The van der Waals surface area contributed by atoms with Gasteiger partial charge in [-0.1, -0.05) is 36.4 Å². The number of non-ortho nitro benzene ring substituents is 1. The molecule has 0 radical (unpaired) electrons. The quantitative estimate of drug-likeness (QED) is 0.383. The smallest absolute Gasteiger partial charge is 0.414 e. The third kappa shape index (κ3) is 8.81. The van der Waals surface area contributed by atoms with Gasteiger partial charge in [0.25, 0.3) is 5.69 Å². The maximum atomic E-state index is 10.8. The minimum atomic E-state index is -1.82. The second-order valence-electron chi connectivity index (χ2n) is 6.82. The molecule has 1 saturated heterocycles.